The molecule has 0 saturated heterocycles. The largest absolute Gasteiger partial charge is 0.317 e. The fraction of sp³-hybridized carbons (Fsp3) is 0.917. The van der Waals surface area contributed by atoms with Crippen LogP contribution in [0.25, 0.3) is 0 Å². The Morgan fingerprint density at radius 3 is 2.47 bits per heavy atom. The number of hydrogen-bond donors (Lipinski definition) is 2. The molecule has 91 valence electrons. The summed E-state index contributed by atoms with van der Waals surface area (Å²) in [6.07, 6.45) is 7.56. The summed E-state index contributed by atoms with van der Waals surface area (Å²) in [4.78, 5) is 0. The van der Waals surface area contributed by atoms with Crippen molar-refractivity contribution in [1.29, 1.82) is 0 Å². The van der Waals surface area contributed by atoms with Gasteiger partial charge < -0.3 is 5.73 Å². The van der Waals surface area contributed by atoms with Crippen LogP contribution in [0.15, 0.2) is 0 Å². The van der Waals surface area contributed by atoms with Crippen molar-refractivity contribution < 1.29 is 0 Å². The lowest BCUT2D eigenvalue weighted by molar-refractivity contribution is 0.135. The second kappa shape index (κ2) is 10.4. The van der Waals surface area contributed by atoms with Crippen LogP contribution in [0, 0.1) is 6.92 Å². The van der Waals surface area contributed by atoms with E-state index in [4.69, 9.17) is 5.73 Å². The average Bonchev–Trinajstić information content (AvgIpc) is 2.25. The quantitative estimate of drug-likeness (QED) is 0.333. The molecule has 15 heavy (non-hydrogen) atoms. The number of hydrogen-bond acceptors (Lipinski definition) is 3. The van der Waals surface area contributed by atoms with Crippen molar-refractivity contribution in [1.82, 2.24) is 10.4 Å². The maximum Gasteiger partial charge on any atom is 0.0567 e. The van der Waals surface area contributed by atoms with Gasteiger partial charge in [0.2, 0.25) is 0 Å². The van der Waals surface area contributed by atoms with Gasteiger partial charge in [-0.3, -0.25) is 0 Å². The van der Waals surface area contributed by atoms with Crippen LogP contribution in [0.2, 0.25) is 0 Å². The molecule has 0 bridgehead atoms. The van der Waals surface area contributed by atoms with Crippen LogP contribution in [0.3, 0.4) is 0 Å². The van der Waals surface area contributed by atoms with Crippen molar-refractivity contribution in [2.24, 2.45) is 5.73 Å². The molecule has 1 radical (unpaired) electrons. The Hall–Kier alpha value is -0.120. The maximum absolute atomic E-state index is 5.48. The van der Waals surface area contributed by atoms with E-state index in [0.29, 0.717) is 12.7 Å². The first-order chi connectivity index (χ1) is 7.26. The van der Waals surface area contributed by atoms with Crippen LogP contribution in [0.1, 0.15) is 52.4 Å². The highest BCUT2D eigenvalue weighted by atomic mass is 15.5. The molecule has 0 rings (SSSR count). The number of rotatable bonds is 10. The van der Waals surface area contributed by atoms with Crippen molar-refractivity contribution in [2.45, 2.75) is 58.4 Å². The van der Waals surface area contributed by atoms with Crippen molar-refractivity contribution in [3.05, 3.63) is 6.92 Å². The molecule has 0 aliphatic heterocycles. The van der Waals surface area contributed by atoms with Crippen LogP contribution in [-0.2, 0) is 0 Å². The lowest BCUT2D eigenvalue weighted by Crippen LogP contribution is -2.46. The molecule has 0 saturated carbocycles. The zero-order chi connectivity index (χ0) is 11.5. The molecule has 0 aliphatic carbocycles. The predicted octanol–water partition coefficient (Wildman–Crippen LogP) is 2.29. The van der Waals surface area contributed by atoms with Crippen molar-refractivity contribution in [3.63, 3.8) is 0 Å². The van der Waals surface area contributed by atoms with Gasteiger partial charge in [-0.1, -0.05) is 46.0 Å². The topological polar surface area (TPSA) is 41.3 Å². The number of nitrogens with two attached hydrogens (primary N) is 1. The normalized spacial score (nSPS) is 13.4. The van der Waals surface area contributed by atoms with Gasteiger partial charge in [-0.25, -0.2) is 10.4 Å². The lowest BCUT2D eigenvalue weighted by atomic mass is 10.1. The Labute approximate surface area is 95.4 Å². The number of unbranched alkanes of at least 4 members (excludes halogenated alkanes) is 4. The molecule has 0 aromatic heterocycles. The van der Waals surface area contributed by atoms with Gasteiger partial charge in [-0.2, -0.15) is 0 Å². The van der Waals surface area contributed by atoms with Gasteiger partial charge in [-0.05, 0) is 13.3 Å². The van der Waals surface area contributed by atoms with Gasteiger partial charge in [0.1, 0.15) is 0 Å². The second-order valence-corrected chi connectivity index (χ2v) is 4.05. The van der Waals surface area contributed by atoms with E-state index >= 15 is 0 Å². The SMILES string of the molecule is [CH2]CCCCCCC(C)N(CC)NCN. The van der Waals surface area contributed by atoms with E-state index in [1.54, 1.807) is 0 Å². The maximum atomic E-state index is 5.48. The second-order valence-electron chi connectivity index (χ2n) is 4.05. The molecule has 1 atom stereocenters. The molecule has 0 amide bonds. The van der Waals surface area contributed by atoms with E-state index in [0.717, 1.165) is 13.0 Å². The molecule has 0 spiro atoms. The first-order valence-corrected chi connectivity index (χ1v) is 6.25. The summed E-state index contributed by atoms with van der Waals surface area (Å²) in [5.41, 5.74) is 8.66. The first-order valence-electron chi connectivity index (χ1n) is 6.25. The highest BCUT2D eigenvalue weighted by Gasteiger charge is 2.09. The van der Waals surface area contributed by atoms with E-state index in [9.17, 15) is 0 Å². The van der Waals surface area contributed by atoms with Gasteiger partial charge in [0.15, 0.2) is 0 Å². The summed E-state index contributed by atoms with van der Waals surface area (Å²) in [7, 11) is 0. The Morgan fingerprint density at radius 1 is 1.27 bits per heavy atom. The molecule has 0 aromatic rings. The third kappa shape index (κ3) is 7.77. The van der Waals surface area contributed by atoms with Crippen LogP contribution in [-0.4, -0.2) is 24.3 Å². The van der Waals surface area contributed by atoms with E-state index < -0.39 is 0 Å². The van der Waals surface area contributed by atoms with E-state index in [1.807, 2.05) is 0 Å². The summed E-state index contributed by atoms with van der Waals surface area (Å²) in [6, 6.07) is 0.582. The smallest absolute Gasteiger partial charge is 0.0567 e. The summed E-state index contributed by atoms with van der Waals surface area (Å²) >= 11 is 0. The van der Waals surface area contributed by atoms with Gasteiger partial charge in [0.25, 0.3) is 0 Å². The highest BCUT2D eigenvalue weighted by Crippen LogP contribution is 2.09. The fourth-order valence-electron chi connectivity index (χ4n) is 1.82. The predicted molar refractivity (Wildman–Crippen MR) is 67.1 cm³/mol. The third-order valence-corrected chi connectivity index (χ3v) is 2.79. The molecule has 1 unspecified atom stereocenters. The molecule has 0 heterocycles. The lowest BCUT2D eigenvalue weighted by Gasteiger charge is -2.27. The van der Waals surface area contributed by atoms with Crippen molar-refractivity contribution in [3.8, 4) is 0 Å². The summed E-state index contributed by atoms with van der Waals surface area (Å²) in [5, 5.41) is 2.22. The number of nitrogens with zero attached hydrogens (tertiary/aromatic N) is 1. The standard InChI is InChI=1S/C12H28N3/c1-4-6-7-8-9-10-12(3)15(5-2)14-11-13/h12,14H,1,4-11,13H2,2-3H3. The molecule has 0 fully saturated rings. The minimum absolute atomic E-state index is 0.527. The van der Waals surface area contributed by atoms with E-state index in [2.05, 4.69) is 31.2 Å². The molecule has 3 nitrogen and oxygen atoms in total. The van der Waals surface area contributed by atoms with Gasteiger partial charge in [0, 0.05) is 12.6 Å². The van der Waals surface area contributed by atoms with Crippen LogP contribution in [0.4, 0.5) is 0 Å². The zero-order valence-corrected chi connectivity index (χ0v) is 10.5. The highest BCUT2D eigenvalue weighted by molar-refractivity contribution is 4.62. The fourth-order valence-corrected chi connectivity index (χ4v) is 1.82. The molecule has 0 aliphatic rings. The zero-order valence-electron chi connectivity index (χ0n) is 10.5. The minimum atomic E-state index is 0.527. The molecular formula is C12H28N3. The minimum Gasteiger partial charge on any atom is -0.317 e. The van der Waals surface area contributed by atoms with Crippen molar-refractivity contribution >= 4 is 0 Å². The first kappa shape index (κ1) is 14.9. The third-order valence-electron chi connectivity index (χ3n) is 2.79. The summed E-state index contributed by atoms with van der Waals surface area (Å²) in [5.74, 6) is 0. The number of nitrogens with one attached hydrogen (secondary N) is 1. The van der Waals surface area contributed by atoms with Crippen LogP contribution >= 0.6 is 0 Å². The Kier molecular flexibility index (Phi) is 10.3. The summed E-state index contributed by atoms with van der Waals surface area (Å²) in [6.45, 7) is 9.80. The molecular weight excluding hydrogens is 186 g/mol. The molecule has 0 aromatic carbocycles. The van der Waals surface area contributed by atoms with Gasteiger partial charge >= 0.3 is 0 Å². The monoisotopic (exact) mass is 214 g/mol. The van der Waals surface area contributed by atoms with E-state index in [1.165, 1.54) is 32.1 Å². The van der Waals surface area contributed by atoms with Crippen LogP contribution in [0.5, 0.6) is 0 Å². The van der Waals surface area contributed by atoms with Crippen LogP contribution < -0.4 is 11.2 Å². The van der Waals surface area contributed by atoms with E-state index in [-0.39, 0.29) is 0 Å². The average molecular weight is 214 g/mol. The number of hydrazine groups is 1. The Bertz CT molecular complexity index is 128. The molecule has 3 heteroatoms. The van der Waals surface area contributed by atoms with Gasteiger partial charge in [0.05, 0.1) is 6.67 Å². The van der Waals surface area contributed by atoms with Gasteiger partial charge in [-0.15, -0.1) is 0 Å². The Morgan fingerprint density at radius 2 is 1.93 bits per heavy atom. The van der Waals surface area contributed by atoms with Crippen molar-refractivity contribution in [2.75, 3.05) is 13.2 Å². The molecule has 3 N–H and O–H groups in total. The summed E-state index contributed by atoms with van der Waals surface area (Å²) < 4.78 is 0. The Balaban J connectivity index is 3.48.